The average molecular weight is 520 g/mol. The molecule has 196 valence electrons. The summed E-state index contributed by atoms with van der Waals surface area (Å²) in [6, 6.07) is 12.5. The van der Waals surface area contributed by atoms with Gasteiger partial charge in [0.2, 0.25) is 11.8 Å². The molecule has 0 aliphatic heterocycles. The zero-order valence-corrected chi connectivity index (χ0v) is 21.2. The van der Waals surface area contributed by atoms with E-state index in [1.807, 2.05) is 32.0 Å². The third-order valence-corrected chi connectivity index (χ3v) is 5.76. The number of aromatic nitrogens is 5. The summed E-state index contributed by atoms with van der Waals surface area (Å²) in [6.07, 6.45) is 0.000357. The van der Waals surface area contributed by atoms with E-state index >= 15 is 0 Å². The molecule has 0 bridgehead atoms. The van der Waals surface area contributed by atoms with E-state index in [2.05, 4.69) is 20.3 Å². The predicted molar refractivity (Wildman–Crippen MR) is 135 cm³/mol. The van der Waals surface area contributed by atoms with Gasteiger partial charge in [-0.15, -0.1) is 10.2 Å². The number of rotatable bonds is 9. The largest absolute Gasteiger partial charge is 0.494 e. The van der Waals surface area contributed by atoms with Crippen molar-refractivity contribution in [3.63, 3.8) is 0 Å². The monoisotopic (exact) mass is 519 g/mol. The van der Waals surface area contributed by atoms with Crippen molar-refractivity contribution in [3.05, 3.63) is 70.2 Å². The fourth-order valence-electron chi connectivity index (χ4n) is 4.00. The van der Waals surface area contributed by atoms with Gasteiger partial charge in [0.15, 0.2) is 11.1 Å². The van der Waals surface area contributed by atoms with Crippen LogP contribution in [0.1, 0.15) is 31.3 Å². The Morgan fingerprint density at radius 3 is 2.47 bits per heavy atom. The number of fused-ring (bicyclic) bond motifs is 1. The highest BCUT2D eigenvalue weighted by Crippen LogP contribution is 2.34. The van der Waals surface area contributed by atoms with Crippen LogP contribution in [0.5, 0.6) is 17.4 Å². The zero-order chi connectivity index (χ0) is 26.8. The Labute approximate surface area is 216 Å². The zero-order valence-electron chi connectivity index (χ0n) is 21.2. The molecule has 0 saturated heterocycles. The van der Waals surface area contributed by atoms with Gasteiger partial charge in [0.05, 0.1) is 26.7 Å². The number of aromatic hydroxyl groups is 1. The Balaban J connectivity index is 1.63. The number of nitrogens with zero attached hydrogens (tertiary/aromatic N) is 5. The summed E-state index contributed by atoms with van der Waals surface area (Å²) in [7, 11) is 2.94. The number of methoxy groups -OCH3 is 2. The van der Waals surface area contributed by atoms with E-state index < -0.39 is 11.4 Å². The Hall–Kier alpha value is -4.71. The van der Waals surface area contributed by atoms with Gasteiger partial charge in [0.1, 0.15) is 35.3 Å². The SMILES string of the molecule is COc1cccc(OC)c1-n1c(COC(C)C)nc(O)c(-c2nnc(Cc3noc4ccccc34)o2)c1=O. The van der Waals surface area contributed by atoms with E-state index in [9.17, 15) is 9.90 Å². The average Bonchev–Trinajstić information content (AvgIpc) is 3.54. The maximum absolute atomic E-state index is 13.9. The molecule has 0 unspecified atom stereocenters. The summed E-state index contributed by atoms with van der Waals surface area (Å²) in [5, 5.41) is 23.8. The van der Waals surface area contributed by atoms with Crippen LogP contribution in [-0.2, 0) is 17.8 Å². The highest BCUT2D eigenvalue weighted by molar-refractivity contribution is 5.79. The number of hydrogen-bond acceptors (Lipinski definition) is 11. The number of ether oxygens (including phenoxy) is 3. The maximum atomic E-state index is 13.9. The number of benzene rings is 2. The fourth-order valence-corrected chi connectivity index (χ4v) is 4.00. The third kappa shape index (κ3) is 4.57. The van der Waals surface area contributed by atoms with Crippen LogP contribution in [-0.4, -0.2) is 50.3 Å². The molecule has 0 fully saturated rings. The van der Waals surface area contributed by atoms with Crippen molar-refractivity contribution in [2.45, 2.75) is 33.0 Å². The van der Waals surface area contributed by atoms with Gasteiger partial charge in [-0.1, -0.05) is 23.4 Å². The van der Waals surface area contributed by atoms with Crippen LogP contribution in [0.2, 0.25) is 0 Å². The van der Waals surface area contributed by atoms with Crippen LogP contribution in [0.15, 0.2) is 56.2 Å². The van der Waals surface area contributed by atoms with Crippen LogP contribution >= 0.6 is 0 Å². The standard InChI is InChI=1S/C26H25N5O7/c1-14(2)36-13-20-27-24(32)22(26(33)31(20)23-18(34-3)10-7-11-19(23)35-4)25-29-28-21(37-25)12-16-15-8-5-6-9-17(15)38-30-16/h5-11,14,32H,12-13H2,1-4H3. The normalized spacial score (nSPS) is 11.4. The molecule has 12 heteroatoms. The molecule has 0 atom stereocenters. The van der Waals surface area contributed by atoms with E-state index in [0.29, 0.717) is 22.8 Å². The van der Waals surface area contributed by atoms with E-state index in [4.69, 9.17) is 23.2 Å². The predicted octanol–water partition coefficient (Wildman–Crippen LogP) is 3.66. The molecule has 5 rings (SSSR count). The molecule has 3 aromatic heterocycles. The second kappa shape index (κ2) is 10.3. The summed E-state index contributed by atoms with van der Waals surface area (Å²) >= 11 is 0. The molecule has 2 aromatic carbocycles. The molecule has 5 aromatic rings. The van der Waals surface area contributed by atoms with Gasteiger partial charge in [0.25, 0.3) is 11.4 Å². The quantitative estimate of drug-likeness (QED) is 0.304. The van der Waals surface area contributed by atoms with Gasteiger partial charge in [-0.05, 0) is 38.1 Å². The summed E-state index contributed by atoms with van der Waals surface area (Å²) < 4.78 is 29.1. The van der Waals surface area contributed by atoms with Crippen molar-refractivity contribution in [1.29, 1.82) is 0 Å². The van der Waals surface area contributed by atoms with Gasteiger partial charge in [-0.25, -0.2) is 0 Å². The minimum Gasteiger partial charge on any atom is -0.494 e. The molecule has 0 aliphatic carbocycles. The molecule has 0 aliphatic rings. The van der Waals surface area contributed by atoms with Crippen molar-refractivity contribution < 1.29 is 28.3 Å². The van der Waals surface area contributed by atoms with Crippen molar-refractivity contribution in [3.8, 4) is 34.5 Å². The Kier molecular flexibility index (Phi) is 6.79. The topological polar surface area (TPSA) is 148 Å². The summed E-state index contributed by atoms with van der Waals surface area (Å²) in [6.45, 7) is 3.62. The minimum absolute atomic E-state index is 0.0731. The lowest BCUT2D eigenvalue weighted by atomic mass is 10.2. The lowest BCUT2D eigenvalue weighted by Crippen LogP contribution is -2.27. The van der Waals surface area contributed by atoms with Gasteiger partial charge < -0.3 is 28.3 Å². The molecular weight excluding hydrogens is 494 g/mol. The summed E-state index contributed by atoms with van der Waals surface area (Å²) in [5.74, 6) is 0.207. The van der Waals surface area contributed by atoms with Gasteiger partial charge >= 0.3 is 0 Å². The fraction of sp³-hybridized carbons (Fsp3) is 0.269. The molecule has 0 radical (unpaired) electrons. The lowest BCUT2D eigenvalue weighted by Gasteiger charge is -2.19. The Morgan fingerprint density at radius 1 is 1.03 bits per heavy atom. The molecule has 0 saturated carbocycles. The molecule has 38 heavy (non-hydrogen) atoms. The second-order valence-electron chi connectivity index (χ2n) is 8.54. The molecule has 0 amide bonds. The maximum Gasteiger partial charge on any atom is 0.275 e. The van der Waals surface area contributed by atoms with Crippen molar-refractivity contribution in [2.75, 3.05) is 14.2 Å². The molecule has 1 N–H and O–H groups in total. The minimum atomic E-state index is -0.676. The van der Waals surface area contributed by atoms with Crippen molar-refractivity contribution in [2.24, 2.45) is 0 Å². The van der Waals surface area contributed by atoms with Crippen LogP contribution in [0.4, 0.5) is 0 Å². The molecule has 3 heterocycles. The highest BCUT2D eigenvalue weighted by Gasteiger charge is 2.27. The molecule has 12 nitrogen and oxygen atoms in total. The van der Waals surface area contributed by atoms with Crippen LogP contribution < -0.4 is 15.0 Å². The molecular formula is C26H25N5O7. The third-order valence-electron chi connectivity index (χ3n) is 5.76. The van der Waals surface area contributed by atoms with E-state index in [1.54, 1.807) is 24.3 Å². The van der Waals surface area contributed by atoms with Crippen LogP contribution in [0, 0.1) is 0 Å². The van der Waals surface area contributed by atoms with Gasteiger partial charge in [-0.3, -0.25) is 9.36 Å². The van der Waals surface area contributed by atoms with Gasteiger partial charge in [0, 0.05) is 5.39 Å². The second-order valence-corrected chi connectivity index (χ2v) is 8.54. The van der Waals surface area contributed by atoms with Crippen LogP contribution in [0.3, 0.4) is 0 Å². The van der Waals surface area contributed by atoms with Crippen molar-refractivity contribution >= 4 is 11.0 Å². The van der Waals surface area contributed by atoms with Crippen LogP contribution in [0.25, 0.3) is 28.1 Å². The first-order valence-electron chi connectivity index (χ1n) is 11.7. The van der Waals surface area contributed by atoms with E-state index in [-0.39, 0.29) is 48.0 Å². The summed E-state index contributed by atoms with van der Waals surface area (Å²) in [4.78, 5) is 18.2. The first kappa shape index (κ1) is 25.0. The smallest absolute Gasteiger partial charge is 0.275 e. The van der Waals surface area contributed by atoms with Crippen molar-refractivity contribution in [1.82, 2.24) is 24.9 Å². The lowest BCUT2D eigenvalue weighted by molar-refractivity contribution is 0.0595. The van der Waals surface area contributed by atoms with Gasteiger partial charge in [-0.2, -0.15) is 4.98 Å². The highest BCUT2D eigenvalue weighted by atomic mass is 16.5. The number of hydrogen-bond donors (Lipinski definition) is 1. The van der Waals surface area contributed by atoms with E-state index in [0.717, 1.165) is 5.39 Å². The first-order valence-corrected chi connectivity index (χ1v) is 11.7. The van der Waals surface area contributed by atoms with E-state index in [1.165, 1.54) is 18.8 Å². The Bertz CT molecular complexity index is 1630. The first-order chi connectivity index (χ1) is 18.4. The summed E-state index contributed by atoms with van der Waals surface area (Å²) in [5.41, 5.74) is 0.541. The Morgan fingerprint density at radius 2 is 1.76 bits per heavy atom. The molecule has 0 spiro atoms. The number of para-hydroxylation sites is 2.